The molecule has 32 heavy (non-hydrogen) atoms. The molecule has 5 rings (SSSR count). The number of morpholine rings is 1. The minimum Gasteiger partial charge on any atom is -0.379 e. The molecule has 2 aromatic carbocycles. The number of fused-ring (bicyclic) bond motifs is 1. The molecule has 1 aliphatic heterocycles. The summed E-state index contributed by atoms with van der Waals surface area (Å²) >= 11 is 1.56. The Morgan fingerprint density at radius 2 is 1.88 bits per heavy atom. The summed E-state index contributed by atoms with van der Waals surface area (Å²) in [5.41, 5.74) is 4.65. The molecule has 0 bridgehead atoms. The van der Waals surface area contributed by atoms with Crippen LogP contribution < -0.4 is 5.32 Å². The lowest BCUT2D eigenvalue weighted by atomic mass is 10.1. The normalized spacial score (nSPS) is 14.5. The molecule has 2 aromatic heterocycles. The third-order valence-electron chi connectivity index (χ3n) is 5.51. The summed E-state index contributed by atoms with van der Waals surface area (Å²) in [4.78, 5) is 24.1. The Morgan fingerprint density at radius 1 is 1.06 bits per heavy atom. The van der Waals surface area contributed by atoms with Crippen molar-refractivity contribution >= 4 is 33.8 Å². The molecule has 1 N–H and O–H groups in total. The lowest BCUT2D eigenvalue weighted by Crippen LogP contribution is -2.35. The number of hydrogen-bond donors (Lipinski definition) is 1. The van der Waals surface area contributed by atoms with Gasteiger partial charge in [-0.2, -0.15) is 0 Å². The van der Waals surface area contributed by atoms with Gasteiger partial charge in [0.25, 0.3) is 0 Å². The second-order valence-electron chi connectivity index (χ2n) is 7.84. The van der Waals surface area contributed by atoms with Crippen LogP contribution in [0.15, 0.2) is 66.2 Å². The maximum absolute atomic E-state index is 12.6. The van der Waals surface area contributed by atoms with Crippen molar-refractivity contribution in [1.82, 2.24) is 14.9 Å². The van der Waals surface area contributed by atoms with E-state index in [4.69, 9.17) is 4.74 Å². The number of para-hydroxylation sites is 1. The smallest absolute Gasteiger partial charge is 0.230 e. The Hall–Kier alpha value is -3.13. The molecule has 1 amide bonds. The van der Waals surface area contributed by atoms with E-state index in [9.17, 15) is 4.79 Å². The van der Waals surface area contributed by atoms with E-state index in [2.05, 4.69) is 44.5 Å². The lowest BCUT2D eigenvalue weighted by Gasteiger charge is -2.26. The second kappa shape index (κ2) is 9.56. The number of pyridine rings is 1. The van der Waals surface area contributed by atoms with Crippen LogP contribution in [0, 0.1) is 0 Å². The summed E-state index contributed by atoms with van der Waals surface area (Å²) in [6.45, 7) is 4.52. The van der Waals surface area contributed by atoms with Crippen LogP contribution in [0.25, 0.3) is 21.5 Å². The highest BCUT2D eigenvalue weighted by molar-refractivity contribution is 7.13. The Morgan fingerprint density at radius 3 is 2.72 bits per heavy atom. The number of aromatic nitrogens is 2. The van der Waals surface area contributed by atoms with Crippen molar-refractivity contribution in [2.45, 2.75) is 13.0 Å². The van der Waals surface area contributed by atoms with Crippen LogP contribution in [-0.4, -0.2) is 47.1 Å². The molecule has 0 spiro atoms. The number of nitrogens with one attached hydrogen (secondary N) is 1. The number of nitrogens with zero attached hydrogens (tertiary/aromatic N) is 3. The van der Waals surface area contributed by atoms with Crippen molar-refractivity contribution in [3.8, 4) is 10.6 Å². The van der Waals surface area contributed by atoms with Crippen molar-refractivity contribution in [3.05, 3.63) is 77.4 Å². The number of carbonyl (C=O) groups is 1. The van der Waals surface area contributed by atoms with E-state index >= 15 is 0 Å². The van der Waals surface area contributed by atoms with Crippen LogP contribution in [0.1, 0.15) is 11.3 Å². The molecule has 0 aliphatic carbocycles. The monoisotopic (exact) mass is 444 g/mol. The third-order valence-corrected chi connectivity index (χ3v) is 6.45. The zero-order valence-corrected chi connectivity index (χ0v) is 18.5. The topological polar surface area (TPSA) is 67.4 Å². The van der Waals surface area contributed by atoms with Gasteiger partial charge in [-0.05, 0) is 17.7 Å². The fraction of sp³-hybridized carbons (Fsp3) is 0.240. The second-order valence-corrected chi connectivity index (χ2v) is 8.69. The Kier molecular flexibility index (Phi) is 6.20. The van der Waals surface area contributed by atoms with Crippen LogP contribution >= 0.6 is 11.3 Å². The van der Waals surface area contributed by atoms with Gasteiger partial charge in [-0.3, -0.25) is 14.7 Å². The van der Waals surface area contributed by atoms with E-state index in [0.717, 1.165) is 65.7 Å². The van der Waals surface area contributed by atoms with Gasteiger partial charge in [-0.25, -0.2) is 4.98 Å². The van der Waals surface area contributed by atoms with Gasteiger partial charge in [-0.15, -0.1) is 11.3 Å². The number of thiazole rings is 1. The summed E-state index contributed by atoms with van der Waals surface area (Å²) in [5.74, 6) is -0.0964. The highest BCUT2D eigenvalue weighted by atomic mass is 32.1. The first-order valence-corrected chi connectivity index (χ1v) is 11.6. The zero-order chi connectivity index (χ0) is 21.8. The van der Waals surface area contributed by atoms with E-state index < -0.39 is 0 Å². The SMILES string of the molecule is O=C(Cc1csc(-c2ccc(CN3CCOCC3)cc2)n1)Nc1cccc2cccnc12. The number of amides is 1. The Bertz CT molecular complexity index is 1210. The van der Waals surface area contributed by atoms with E-state index in [1.165, 1.54) is 5.56 Å². The van der Waals surface area contributed by atoms with Gasteiger partial charge in [0.1, 0.15) is 5.01 Å². The van der Waals surface area contributed by atoms with Gasteiger partial charge in [0.15, 0.2) is 0 Å². The molecule has 162 valence electrons. The highest BCUT2D eigenvalue weighted by Crippen LogP contribution is 2.25. The zero-order valence-electron chi connectivity index (χ0n) is 17.7. The number of anilines is 1. The van der Waals surface area contributed by atoms with Gasteiger partial charge >= 0.3 is 0 Å². The molecule has 7 heteroatoms. The first kappa shape index (κ1) is 20.8. The molecular weight excluding hydrogens is 420 g/mol. The summed E-state index contributed by atoms with van der Waals surface area (Å²) in [5, 5.41) is 6.86. The predicted octanol–water partition coefficient (Wildman–Crippen LogP) is 4.37. The molecule has 0 radical (unpaired) electrons. The predicted molar refractivity (Wildman–Crippen MR) is 128 cm³/mol. The van der Waals surface area contributed by atoms with Crippen LogP contribution in [-0.2, 0) is 22.5 Å². The van der Waals surface area contributed by atoms with Crippen molar-refractivity contribution in [1.29, 1.82) is 0 Å². The standard InChI is InChI=1S/C25H24N4O2S/c30-23(28-22-5-1-3-19-4-2-10-26-24(19)22)15-21-17-32-25(27-21)20-8-6-18(7-9-20)16-29-11-13-31-14-12-29/h1-10,17H,11-16H2,(H,28,30). The van der Waals surface area contributed by atoms with Crippen LogP contribution in [0.3, 0.4) is 0 Å². The molecule has 0 unspecified atom stereocenters. The molecule has 1 saturated heterocycles. The maximum atomic E-state index is 12.6. The molecular formula is C25H24N4O2S. The van der Waals surface area contributed by atoms with Crippen molar-refractivity contribution in [3.63, 3.8) is 0 Å². The summed E-state index contributed by atoms with van der Waals surface area (Å²) < 4.78 is 5.42. The molecule has 1 fully saturated rings. The van der Waals surface area contributed by atoms with Crippen molar-refractivity contribution < 1.29 is 9.53 Å². The average Bonchev–Trinajstić information content (AvgIpc) is 3.29. The number of ether oxygens (including phenoxy) is 1. The molecule has 0 saturated carbocycles. The maximum Gasteiger partial charge on any atom is 0.230 e. The third kappa shape index (κ3) is 4.85. The molecule has 4 aromatic rings. The van der Waals surface area contributed by atoms with Crippen LogP contribution in [0.5, 0.6) is 0 Å². The van der Waals surface area contributed by atoms with E-state index in [-0.39, 0.29) is 12.3 Å². The summed E-state index contributed by atoms with van der Waals surface area (Å²) in [6.07, 6.45) is 1.96. The number of hydrogen-bond acceptors (Lipinski definition) is 6. The van der Waals surface area contributed by atoms with Crippen LogP contribution in [0.2, 0.25) is 0 Å². The van der Waals surface area contributed by atoms with Gasteiger partial charge in [0.2, 0.25) is 5.91 Å². The molecule has 6 nitrogen and oxygen atoms in total. The van der Waals surface area contributed by atoms with Crippen LogP contribution in [0.4, 0.5) is 5.69 Å². The Balaban J connectivity index is 1.22. The highest BCUT2D eigenvalue weighted by Gasteiger charge is 2.13. The first-order valence-electron chi connectivity index (χ1n) is 10.7. The largest absolute Gasteiger partial charge is 0.379 e. The minimum atomic E-state index is -0.0964. The quantitative estimate of drug-likeness (QED) is 0.478. The van der Waals surface area contributed by atoms with Gasteiger partial charge in [-0.1, -0.05) is 42.5 Å². The van der Waals surface area contributed by atoms with Gasteiger partial charge in [0.05, 0.1) is 36.5 Å². The number of benzene rings is 2. The van der Waals surface area contributed by atoms with E-state index in [1.807, 2.05) is 35.7 Å². The average molecular weight is 445 g/mol. The summed E-state index contributed by atoms with van der Waals surface area (Å²) in [6, 6.07) is 18.2. The molecule has 0 atom stereocenters. The number of rotatable bonds is 6. The Labute approximate surface area is 190 Å². The van der Waals surface area contributed by atoms with E-state index in [1.54, 1.807) is 17.5 Å². The van der Waals surface area contributed by atoms with Crippen molar-refractivity contribution in [2.24, 2.45) is 0 Å². The summed E-state index contributed by atoms with van der Waals surface area (Å²) in [7, 11) is 0. The van der Waals surface area contributed by atoms with Crippen molar-refractivity contribution in [2.75, 3.05) is 31.6 Å². The van der Waals surface area contributed by atoms with E-state index in [0.29, 0.717) is 0 Å². The number of carbonyl (C=O) groups excluding carboxylic acids is 1. The fourth-order valence-corrected chi connectivity index (χ4v) is 4.68. The van der Waals surface area contributed by atoms with Gasteiger partial charge in [0, 0.05) is 42.2 Å². The minimum absolute atomic E-state index is 0.0964. The first-order chi connectivity index (χ1) is 15.7. The molecule has 3 heterocycles. The van der Waals surface area contributed by atoms with Gasteiger partial charge < -0.3 is 10.1 Å². The fourth-order valence-electron chi connectivity index (χ4n) is 3.85. The lowest BCUT2D eigenvalue weighted by molar-refractivity contribution is -0.115. The molecule has 1 aliphatic rings.